The van der Waals surface area contributed by atoms with Crippen LogP contribution < -0.4 is 5.73 Å². The van der Waals surface area contributed by atoms with Gasteiger partial charge in [-0.25, -0.2) is 8.42 Å². The Bertz CT molecular complexity index is 742. The van der Waals surface area contributed by atoms with Gasteiger partial charge in [0.2, 0.25) is 10.0 Å². The summed E-state index contributed by atoms with van der Waals surface area (Å²) in [7, 11) is -0.200. The molecular formula is C14H20N4O2S. The van der Waals surface area contributed by atoms with Crippen LogP contribution in [0.15, 0.2) is 29.4 Å². The number of nitrogen functional groups attached to an aromatic ring is 1. The minimum Gasteiger partial charge on any atom is -0.399 e. The predicted molar refractivity (Wildman–Crippen MR) is 82.2 cm³/mol. The number of anilines is 1. The van der Waals surface area contributed by atoms with Crippen LogP contribution in [-0.2, 0) is 23.6 Å². The molecule has 0 unspecified atom stereocenters. The van der Waals surface area contributed by atoms with E-state index < -0.39 is 10.0 Å². The highest BCUT2D eigenvalue weighted by atomic mass is 32.2. The molecule has 2 aromatic rings. The van der Waals surface area contributed by atoms with E-state index in [0.29, 0.717) is 21.7 Å². The standard InChI is InChI=1S/C14H20N4O2S/c1-10-5-13(15)6-11(2)14(10)21(19,20)18(4)9-12-7-16-17(3)8-12/h5-8H,9,15H2,1-4H3. The van der Waals surface area contributed by atoms with Gasteiger partial charge in [-0.05, 0) is 37.1 Å². The Morgan fingerprint density at radius 2 is 1.86 bits per heavy atom. The van der Waals surface area contributed by atoms with Gasteiger partial charge in [-0.3, -0.25) is 4.68 Å². The molecule has 0 aliphatic rings. The number of nitrogens with zero attached hydrogens (tertiary/aromatic N) is 3. The van der Waals surface area contributed by atoms with Crippen molar-refractivity contribution in [3.63, 3.8) is 0 Å². The van der Waals surface area contributed by atoms with E-state index in [1.807, 2.05) is 0 Å². The highest BCUT2D eigenvalue weighted by Crippen LogP contribution is 2.26. The van der Waals surface area contributed by atoms with Gasteiger partial charge in [0.25, 0.3) is 0 Å². The maximum atomic E-state index is 12.8. The van der Waals surface area contributed by atoms with Crippen molar-refractivity contribution in [3.8, 4) is 0 Å². The van der Waals surface area contributed by atoms with Gasteiger partial charge in [0.1, 0.15) is 0 Å². The second kappa shape index (κ2) is 5.50. The number of hydrogen-bond donors (Lipinski definition) is 1. The Morgan fingerprint density at radius 3 is 2.33 bits per heavy atom. The molecule has 0 aliphatic carbocycles. The fourth-order valence-electron chi connectivity index (χ4n) is 2.44. The van der Waals surface area contributed by atoms with Crippen LogP contribution in [0.5, 0.6) is 0 Å². The molecule has 0 bridgehead atoms. The zero-order chi connectivity index (χ0) is 15.8. The summed E-state index contributed by atoms with van der Waals surface area (Å²) in [5.41, 5.74) is 8.48. The molecule has 1 aromatic heterocycles. The zero-order valence-electron chi connectivity index (χ0n) is 12.7. The minimum absolute atomic E-state index is 0.277. The fourth-order valence-corrected chi connectivity index (χ4v) is 4.00. The van der Waals surface area contributed by atoms with E-state index in [2.05, 4.69) is 5.10 Å². The molecule has 1 aromatic carbocycles. The number of sulfonamides is 1. The lowest BCUT2D eigenvalue weighted by Gasteiger charge is -2.20. The third kappa shape index (κ3) is 3.08. The molecule has 2 N–H and O–H groups in total. The molecule has 0 amide bonds. The monoisotopic (exact) mass is 308 g/mol. The lowest BCUT2D eigenvalue weighted by Crippen LogP contribution is -2.27. The van der Waals surface area contributed by atoms with E-state index in [9.17, 15) is 8.42 Å². The molecule has 114 valence electrons. The summed E-state index contributed by atoms with van der Waals surface area (Å²) in [6.07, 6.45) is 3.46. The summed E-state index contributed by atoms with van der Waals surface area (Å²) >= 11 is 0. The Balaban J connectivity index is 2.38. The van der Waals surface area contributed by atoms with E-state index in [4.69, 9.17) is 5.73 Å². The van der Waals surface area contributed by atoms with Gasteiger partial charge in [0.05, 0.1) is 11.1 Å². The van der Waals surface area contributed by atoms with Crippen molar-refractivity contribution in [1.82, 2.24) is 14.1 Å². The van der Waals surface area contributed by atoms with Gasteiger partial charge in [0, 0.05) is 38.1 Å². The van der Waals surface area contributed by atoms with Gasteiger partial charge in [-0.1, -0.05) is 0 Å². The topological polar surface area (TPSA) is 81.2 Å². The smallest absolute Gasteiger partial charge is 0.243 e. The van der Waals surface area contributed by atoms with Crippen LogP contribution in [0, 0.1) is 13.8 Å². The van der Waals surface area contributed by atoms with Crippen molar-refractivity contribution in [2.45, 2.75) is 25.3 Å². The van der Waals surface area contributed by atoms with Crippen molar-refractivity contribution in [3.05, 3.63) is 41.2 Å². The first kappa shape index (κ1) is 15.5. The molecule has 0 aliphatic heterocycles. The van der Waals surface area contributed by atoms with Crippen molar-refractivity contribution in [2.75, 3.05) is 12.8 Å². The van der Waals surface area contributed by atoms with Gasteiger partial charge in [-0.15, -0.1) is 0 Å². The minimum atomic E-state index is -3.57. The summed E-state index contributed by atoms with van der Waals surface area (Å²) in [5.74, 6) is 0. The SMILES string of the molecule is Cc1cc(N)cc(C)c1S(=O)(=O)N(C)Cc1cnn(C)c1. The summed E-state index contributed by atoms with van der Waals surface area (Å²) in [6, 6.07) is 3.36. The fraction of sp³-hybridized carbons (Fsp3) is 0.357. The van der Waals surface area contributed by atoms with E-state index in [1.165, 1.54) is 4.31 Å². The molecule has 1 heterocycles. The third-order valence-corrected chi connectivity index (χ3v) is 5.42. The van der Waals surface area contributed by atoms with Crippen LogP contribution in [0.25, 0.3) is 0 Å². The molecule has 21 heavy (non-hydrogen) atoms. The summed E-state index contributed by atoms with van der Waals surface area (Å²) in [6.45, 7) is 3.79. The Kier molecular flexibility index (Phi) is 4.06. The molecule has 0 atom stereocenters. The highest BCUT2D eigenvalue weighted by molar-refractivity contribution is 7.89. The first-order chi connectivity index (χ1) is 9.71. The molecular weight excluding hydrogens is 288 g/mol. The van der Waals surface area contributed by atoms with Crippen molar-refractivity contribution >= 4 is 15.7 Å². The van der Waals surface area contributed by atoms with E-state index in [-0.39, 0.29) is 6.54 Å². The van der Waals surface area contributed by atoms with Gasteiger partial charge in [-0.2, -0.15) is 9.40 Å². The van der Waals surface area contributed by atoms with Crippen LogP contribution in [0.4, 0.5) is 5.69 Å². The Labute approximate surface area is 125 Å². The van der Waals surface area contributed by atoms with Crippen molar-refractivity contribution < 1.29 is 8.42 Å². The third-order valence-electron chi connectivity index (χ3n) is 3.31. The van der Waals surface area contributed by atoms with Crippen LogP contribution in [-0.4, -0.2) is 29.6 Å². The lowest BCUT2D eigenvalue weighted by molar-refractivity contribution is 0.465. The number of hydrogen-bond acceptors (Lipinski definition) is 4. The van der Waals surface area contributed by atoms with Crippen LogP contribution >= 0.6 is 0 Å². The number of benzene rings is 1. The van der Waals surface area contributed by atoms with Crippen LogP contribution in [0.3, 0.4) is 0 Å². The average Bonchev–Trinajstić information content (AvgIpc) is 2.72. The highest BCUT2D eigenvalue weighted by Gasteiger charge is 2.25. The van der Waals surface area contributed by atoms with E-state index >= 15 is 0 Å². The number of rotatable bonds is 4. The first-order valence-corrected chi connectivity index (χ1v) is 7.96. The molecule has 0 fully saturated rings. The van der Waals surface area contributed by atoms with Gasteiger partial charge >= 0.3 is 0 Å². The summed E-state index contributed by atoms with van der Waals surface area (Å²) < 4.78 is 28.5. The molecule has 0 saturated carbocycles. The second-order valence-corrected chi connectivity index (χ2v) is 7.25. The molecule has 0 saturated heterocycles. The van der Waals surface area contributed by atoms with Gasteiger partial charge in [0.15, 0.2) is 0 Å². The Hall–Kier alpha value is -1.86. The van der Waals surface area contributed by atoms with Crippen LogP contribution in [0.1, 0.15) is 16.7 Å². The second-order valence-electron chi connectivity index (χ2n) is 5.27. The predicted octanol–water partition coefficient (Wildman–Crippen LogP) is 1.44. The van der Waals surface area contributed by atoms with Crippen molar-refractivity contribution in [2.24, 2.45) is 7.05 Å². The maximum Gasteiger partial charge on any atom is 0.243 e. The first-order valence-electron chi connectivity index (χ1n) is 6.52. The molecule has 6 nitrogen and oxygen atoms in total. The molecule has 0 radical (unpaired) electrons. The quantitative estimate of drug-likeness (QED) is 0.867. The zero-order valence-corrected chi connectivity index (χ0v) is 13.5. The van der Waals surface area contributed by atoms with E-state index in [1.54, 1.807) is 57.2 Å². The van der Waals surface area contributed by atoms with E-state index in [0.717, 1.165) is 5.56 Å². The van der Waals surface area contributed by atoms with Crippen molar-refractivity contribution in [1.29, 1.82) is 0 Å². The largest absolute Gasteiger partial charge is 0.399 e. The maximum absolute atomic E-state index is 12.8. The van der Waals surface area contributed by atoms with Gasteiger partial charge < -0.3 is 5.73 Å². The summed E-state index contributed by atoms with van der Waals surface area (Å²) in [4.78, 5) is 0.322. The Morgan fingerprint density at radius 1 is 1.29 bits per heavy atom. The number of nitrogens with two attached hydrogens (primary N) is 1. The summed E-state index contributed by atoms with van der Waals surface area (Å²) in [5, 5.41) is 4.05. The number of aromatic nitrogens is 2. The lowest BCUT2D eigenvalue weighted by atomic mass is 10.1. The molecule has 2 rings (SSSR count). The van der Waals surface area contributed by atoms with Crippen LogP contribution in [0.2, 0.25) is 0 Å². The molecule has 0 spiro atoms. The normalized spacial score (nSPS) is 12.0. The average molecular weight is 308 g/mol. The number of aryl methyl sites for hydroxylation is 3. The molecule has 7 heteroatoms.